The van der Waals surface area contributed by atoms with Crippen molar-refractivity contribution in [3.8, 4) is 0 Å². The molecule has 4 atom stereocenters. The first-order chi connectivity index (χ1) is 17.5. The van der Waals surface area contributed by atoms with Crippen LogP contribution in [0.4, 0.5) is 0 Å². The van der Waals surface area contributed by atoms with Gasteiger partial charge < -0.3 is 20.4 Å². The molecule has 5 heteroatoms. The van der Waals surface area contributed by atoms with Gasteiger partial charge in [-0.05, 0) is 61.6 Å². The highest BCUT2D eigenvalue weighted by Crippen LogP contribution is 2.43. The Labute approximate surface area is 229 Å². The van der Waals surface area contributed by atoms with E-state index in [1.54, 1.807) is 0 Å². The van der Waals surface area contributed by atoms with Crippen LogP contribution in [0.1, 0.15) is 61.6 Å². The van der Waals surface area contributed by atoms with Crippen molar-refractivity contribution in [2.45, 2.75) is 74.8 Å². The highest BCUT2D eigenvalue weighted by atomic mass is 127. The molecule has 3 rings (SSSR count). The molecule has 0 aliphatic carbocycles. The van der Waals surface area contributed by atoms with Gasteiger partial charge >= 0.3 is 0 Å². The number of aliphatic hydroxyl groups is 4. The molecule has 0 saturated carbocycles. The van der Waals surface area contributed by atoms with Gasteiger partial charge in [0.05, 0.1) is 29.8 Å². The van der Waals surface area contributed by atoms with E-state index in [1.165, 1.54) is 0 Å². The summed E-state index contributed by atoms with van der Waals surface area (Å²) in [5.74, 6) is 0. The summed E-state index contributed by atoms with van der Waals surface area (Å²) in [5, 5.41) is 42.7. The maximum Gasteiger partial charge on any atom is 0.0719 e. The summed E-state index contributed by atoms with van der Waals surface area (Å²) < 4.78 is 0.895. The molecule has 0 aliphatic heterocycles. The molecule has 194 valence electrons. The second-order valence-electron chi connectivity index (χ2n) is 9.59. The van der Waals surface area contributed by atoms with Crippen molar-refractivity contribution in [2.24, 2.45) is 0 Å². The summed E-state index contributed by atoms with van der Waals surface area (Å²) >= 11 is 2.24. The average molecular weight is 603 g/mol. The molecule has 0 radical (unpaired) electrons. The van der Waals surface area contributed by atoms with E-state index in [-0.39, 0.29) is 6.10 Å². The standard InChI is InChI=1S/C31H39IO4/c32-23-22-29(35)19-18-27(33)16-17-28(34)20-21-30(36)31(24-10-4-1-5-11-24,25-12-6-2-7-13-25)26-14-8-3-9-15-26/h1-15,27-30,33-36H,16-23H2. The lowest BCUT2D eigenvalue weighted by molar-refractivity contribution is 0.0646. The number of rotatable bonds is 15. The van der Waals surface area contributed by atoms with Crippen LogP contribution in [0.25, 0.3) is 0 Å². The maximum absolute atomic E-state index is 11.9. The number of halogens is 1. The van der Waals surface area contributed by atoms with Crippen LogP contribution in [-0.4, -0.2) is 49.3 Å². The van der Waals surface area contributed by atoms with Gasteiger partial charge in [0.25, 0.3) is 0 Å². The van der Waals surface area contributed by atoms with E-state index in [1.807, 2.05) is 54.6 Å². The van der Waals surface area contributed by atoms with E-state index < -0.39 is 23.7 Å². The van der Waals surface area contributed by atoms with Crippen molar-refractivity contribution in [3.05, 3.63) is 108 Å². The number of hydrogen-bond donors (Lipinski definition) is 4. The van der Waals surface area contributed by atoms with Crippen molar-refractivity contribution in [1.29, 1.82) is 0 Å². The summed E-state index contributed by atoms with van der Waals surface area (Å²) in [6.07, 6.45) is 1.33. The molecular weight excluding hydrogens is 563 g/mol. The van der Waals surface area contributed by atoms with E-state index in [2.05, 4.69) is 59.0 Å². The van der Waals surface area contributed by atoms with Gasteiger partial charge in [-0.2, -0.15) is 0 Å². The fourth-order valence-corrected chi connectivity index (χ4v) is 5.79. The molecule has 4 unspecified atom stereocenters. The van der Waals surface area contributed by atoms with Gasteiger partial charge in [0, 0.05) is 4.43 Å². The summed E-state index contributed by atoms with van der Waals surface area (Å²) in [4.78, 5) is 0. The normalized spacial score (nSPS) is 15.2. The van der Waals surface area contributed by atoms with Gasteiger partial charge in [-0.3, -0.25) is 0 Å². The lowest BCUT2D eigenvalue weighted by atomic mass is 9.64. The molecule has 0 amide bonds. The SMILES string of the molecule is OC(CCI)CCC(O)CCC(O)CCC(O)C(c1ccccc1)(c1ccccc1)c1ccccc1. The lowest BCUT2D eigenvalue weighted by Crippen LogP contribution is -2.42. The molecule has 36 heavy (non-hydrogen) atoms. The summed E-state index contributed by atoms with van der Waals surface area (Å²) in [5.41, 5.74) is 2.23. The number of benzene rings is 3. The highest BCUT2D eigenvalue weighted by molar-refractivity contribution is 14.1. The zero-order valence-corrected chi connectivity index (χ0v) is 23.0. The third-order valence-corrected chi connectivity index (χ3v) is 7.69. The average Bonchev–Trinajstić information content (AvgIpc) is 2.92. The van der Waals surface area contributed by atoms with E-state index in [0.717, 1.165) is 27.5 Å². The smallest absolute Gasteiger partial charge is 0.0719 e. The molecule has 0 aliphatic rings. The second kappa shape index (κ2) is 14.8. The van der Waals surface area contributed by atoms with E-state index in [9.17, 15) is 20.4 Å². The minimum atomic E-state index is -0.780. The Kier molecular flexibility index (Phi) is 11.9. The Morgan fingerprint density at radius 1 is 0.472 bits per heavy atom. The predicted octanol–water partition coefficient (Wildman–Crippen LogP) is 5.63. The topological polar surface area (TPSA) is 80.9 Å². The van der Waals surface area contributed by atoms with E-state index >= 15 is 0 Å². The molecule has 3 aromatic rings. The third-order valence-electron chi connectivity index (χ3n) is 7.07. The van der Waals surface area contributed by atoms with Crippen LogP contribution in [0, 0.1) is 0 Å². The zero-order valence-electron chi connectivity index (χ0n) is 20.8. The monoisotopic (exact) mass is 602 g/mol. The molecule has 3 aromatic carbocycles. The first kappa shape index (κ1) is 28.8. The molecule has 0 aromatic heterocycles. The van der Waals surface area contributed by atoms with Gasteiger partial charge in [-0.1, -0.05) is 114 Å². The van der Waals surface area contributed by atoms with Crippen molar-refractivity contribution < 1.29 is 20.4 Å². The van der Waals surface area contributed by atoms with Crippen LogP contribution in [0.15, 0.2) is 91.0 Å². The first-order valence-corrected chi connectivity index (χ1v) is 14.5. The van der Waals surface area contributed by atoms with Crippen molar-refractivity contribution in [3.63, 3.8) is 0 Å². The molecular formula is C31H39IO4. The van der Waals surface area contributed by atoms with Crippen molar-refractivity contribution >= 4 is 22.6 Å². The van der Waals surface area contributed by atoms with E-state index in [0.29, 0.717) is 38.5 Å². The van der Waals surface area contributed by atoms with Crippen molar-refractivity contribution in [2.75, 3.05) is 4.43 Å². The maximum atomic E-state index is 11.9. The van der Waals surface area contributed by atoms with Crippen LogP contribution in [0.2, 0.25) is 0 Å². The zero-order chi connectivity index (χ0) is 25.8. The third kappa shape index (κ3) is 7.62. The summed E-state index contributed by atoms with van der Waals surface area (Å²) in [7, 11) is 0. The fourth-order valence-electron chi connectivity index (χ4n) is 5.08. The van der Waals surface area contributed by atoms with E-state index in [4.69, 9.17) is 0 Å². The quantitative estimate of drug-likeness (QED) is 0.103. The minimum Gasteiger partial charge on any atom is -0.393 e. The molecule has 0 spiro atoms. The van der Waals surface area contributed by atoms with Gasteiger partial charge in [0.1, 0.15) is 0 Å². The minimum absolute atomic E-state index is 0.376. The second-order valence-corrected chi connectivity index (χ2v) is 10.7. The van der Waals surface area contributed by atoms with Crippen LogP contribution < -0.4 is 0 Å². The fraction of sp³-hybridized carbons (Fsp3) is 0.419. The molecule has 4 nitrogen and oxygen atoms in total. The first-order valence-electron chi connectivity index (χ1n) is 12.9. The Balaban J connectivity index is 1.75. The molecule has 0 heterocycles. The molecule has 0 fully saturated rings. The summed E-state index contributed by atoms with van der Waals surface area (Å²) in [6, 6.07) is 30.3. The van der Waals surface area contributed by atoms with Gasteiger partial charge in [-0.15, -0.1) is 0 Å². The van der Waals surface area contributed by atoms with Gasteiger partial charge in [0.2, 0.25) is 0 Å². The van der Waals surface area contributed by atoms with Crippen molar-refractivity contribution in [1.82, 2.24) is 0 Å². The van der Waals surface area contributed by atoms with Crippen LogP contribution in [0.5, 0.6) is 0 Å². The number of alkyl halides is 1. The highest BCUT2D eigenvalue weighted by Gasteiger charge is 2.42. The van der Waals surface area contributed by atoms with Crippen LogP contribution in [-0.2, 0) is 5.41 Å². The lowest BCUT2D eigenvalue weighted by Gasteiger charge is -2.40. The molecule has 0 bridgehead atoms. The predicted molar refractivity (Wildman–Crippen MR) is 154 cm³/mol. The Morgan fingerprint density at radius 2 is 0.778 bits per heavy atom. The van der Waals surface area contributed by atoms with Gasteiger partial charge in [0.15, 0.2) is 0 Å². The van der Waals surface area contributed by atoms with Crippen LogP contribution >= 0.6 is 22.6 Å². The number of aliphatic hydroxyl groups excluding tert-OH is 4. The summed E-state index contributed by atoms with van der Waals surface area (Å²) in [6.45, 7) is 0. The number of hydrogen-bond acceptors (Lipinski definition) is 4. The molecule has 0 saturated heterocycles. The Hall–Kier alpha value is -1.77. The Bertz CT molecular complexity index is 887. The van der Waals surface area contributed by atoms with Gasteiger partial charge in [-0.25, -0.2) is 0 Å². The van der Waals surface area contributed by atoms with Crippen LogP contribution in [0.3, 0.4) is 0 Å². The molecule has 4 N–H and O–H groups in total. The Morgan fingerprint density at radius 3 is 1.11 bits per heavy atom. The largest absolute Gasteiger partial charge is 0.393 e.